The SMILES string of the molecule is CC(C)(C)OC(=O)CC(=O)NCCNC(=O)OCc1ccccc1. The number of carbonyl (C=O) groups excluding carboxylic acids is 3. The molecule has 0 bridgehead atoms. The highest BCUT2D eigenvalue weighted by atomic mass is 16.6. The van der Waals surface area contributed by atoms with Gasteiger partial charge in [0.1, 0.15) is 18.6 Å². The molecule has 1 aromatic rings. The number of alkyl carbamates (subject to hydrolysis) is 1. The Morgan fingerprint density at radius 3 is 2.25 bits per heavy atom. The third-order valence-electron chi connectivity index (χ3n) is 2.65. The van der Waals surface area contributed by atoms with Crippen LogP contribution < -0.4 is 10.6 Å². The molecule has 0 saturated heterocycles. The topological polar surface area (TPSA) is 93.7 Å². The van der Waals surface area contributed by atoms with Gasteiger partial charge < -0.3 is 20.1 Å². The molecule has 0 atom stereocenters. The summed E-state index contributed by atoms with van der Waals surface area (Å²) in [4.78, 5) is 34.5. The number of nitrogens with one attached hydrogen (secondary N) is 2. The summed E-state index contributed by atoms with van der Waals surface area (Å²) in [6.45, 7) is 5.77. The standard InChI is InChI=1S/C17H24N2O5/c1-17(2,3)24-15(21)11-14(20)18-9-10-19-16(22)23-12-13-7-5-4-6-8-13/h4-8H,9-12H2,1-3H3,(H,18,20)(H,19,22). The first-order valence-corrected chi connectivity index (χ1v) is 7.69. The zero-order valence-electron chi connectivity index (χ0n) is 14.3. The van der Waals surface area contributed by atoms with Crippen molar-refractivity contribution < 1.29 is 23.9 Å². The zero-order chi connectivity index (χ0) is 18.0. The van der Waals surface area contributed by atoms with Crippen LogP contribution in [0, 0.1) is 0 Å². The summed E-state index contributed by atoms with van der Waals surface area (Å²) in [5, 5.41) is 5.03. The molecule has 0 aliphatic rings. The molecular weight excluding hydrogens is 312 g/mol. The second-order valence-electron chi connectivity index (χ2n) is 6.10. The molecular formula is C17H24N2O5. The largest absolute Gasteiger partial charge is 0.460 e. The minimum atomic E-state index is -0.624. The van der Waals surface area contributed by atoms with Gasteiger partial charge in [-0.05, 0) is 26.3 Å². The maximum Gasteiger partial charge on any atom is 0.407 e. The van der Waals surface area contributed by atoms with Gasteiger partial charge in [-0.2, -0.15) is 0 Å². The van der Waals surface area contributed by atoms with Crippen molar-refractivity contribution in [2.24, 2.45) is 0 Å². The van der Waals surface area contributed by atoms with Gasteiger partial charge in [0.2, 0.25) is 5.91 Å². The summed E-state index contributed by atoms with van der Waals surface area (Å²) < 4.78 is 10.1. The van der Waals surface area contributed by atoms with E-state index in [1.165, 1.54) is 0 Å². The first-order chi connectivity index (χ1) is 11.3. The summed E-state index contributed by atoms with van der Waals surface area (Å²) in [5.41, 5.74) is 0.264. The van der Waals surface area contributed by atoms with E-state index in [1.807, 2.05) is 30.3 Å². The first kappa shape index (κ1) is 19.5. The molecule has 0 heterocycles. The quantitative estimate of drug-likeness (QED) is 0.449. The molecule has 7 nitrogen and oxygen atoms in total. The normalized spacial score (nSPS) is 10.6. The Kier molecular flexibility index (Phi) is 7.74. The third kappa shape index (κ3) is 9.45. The van der Waals surface area contributed by atoms with Crippen LogP contribution in [0.3, 0.4) is 0 Å². The average molecular weight is 336 g/mol. The van der Waals surface area contributed by atoms with Crippen LogP contribution in [0.15, 0.2) is 30.3 Å². The second kappa shape index (κ2) is 9.54. The summed E-state index contributed by atoms with van der Waals surface area (Å²) in [6, 6.07) is 9.30. The fourth-order valence-electron chi connectivity index (χ4n) is 1.71. The van der Waals surface area contributed by atoms with Gasteiger partial charge in [-0.15, -0.1) is 0 Å². The predicted molar refractivity (Wildman–Crippen MR) is 88.1 cm³/mol. The Bertz CT molecular complexity index is 552. The fourth-order valence-corrected chi connectivity index (χ4v) is 1.71. The van der Waals surface area contributed by atoms with Gasteiger partial charge in [-0.1, -0.05) is 30.3 Å². The van der Waals surface area contributed by atoms with Crippen LogP contribution in [0.4, 0.5) is 4.79 Å². The Morgan fingerprint density at radius 1 is 1.00 bits per heavy atom. The maximum atomic E-state index is 11.5. The molecule has 0 aliphatic carbocycles. The molecule has 0 fully saturated rings. The molecule has 2 N–H and O–H groups in total. The lowest BCUT2D eigenvalue weighted by molar-refractivity contribution is -0.156. The molecule has 0 aromatic heterocycles. The average Bonchev–Trinajstić information content (AvgIpc) is 2.48. The number of esters is 1. The number of hydrogen-bond acceptors (Lipinski definition) is 5. The minimum Gasteiger partial charge on any atom is -0.460 e. The number of rotatable bonds is 7. The zero-order valence-corrected chi connectivity index (χ0v) is 14.3. The molecule has 0 aliphatic heterocycles. The van der Waals surface area contributed by atoms with Crippen molar-refractivity contribution in [1.82, 2.24) is 10.6 Å². The summed E-state index contributed by atoms with van der Waals surface area (Å²) >= 11 is 0. The summed E-state index contributed by atoms with van der Waals surface area (Å²) in [6.07, 6.45) is -0.921. The van der Waals surface area contributed by atoms with E-state index in [2.05, 4.69) is 10.6 Å². The van der Waals surface area contributed by atoms with Gasteiger partial charge in [0.25, 0.3) is 0 Å². The number of hydrogen-bond donors (Lipinski definition) is 2. The van der Waals surface area contributed by atoms with E-state index >= 15 is 0 Å². The van der Waals surface area contributed by atoms with E-state index in [0.717, 1.165) is 5.56 Å². The monoisotopic (exact) mass is 336 g/mol. The van der Waals surface area contributed by atoms with Crippen molar-refractivity contribution in [2.45, 2.75) is 39.4 Å². The molecule has 0 radical (unpaired) electrons. The van der Waals surface area contributed by atoms with Crippen molar-refractivity contribution in [3.63, 3.8) is 0 Å². The Morgan fingerprint density at radius 2 is 1.62 bits per heavy atom. The van der Waals surface area contributed by atoms with E-state index in [0.29, 0.717) is 0 Å². The van der Waals surface area contributed by atoms with Crippen LogP contribution in [-0.2, 0) is 25.7 Å². The number of amides is 2. The van der Waals surface area contributed by atoms with Gasteiger partial charge in [-0.3, -0.25) is 9.59 Å². The molecule has 1 rings (SSSR count). The fraction of sp³-hybridized carbons (Fsp3) is 0.471. The Hall–Kier alpha value is -2.57. The lowest BCUT2D eigenvalue weighted by Crippen LogP contribution is -2.36. The van der Waals surface area contributed by atoms with Gasteiger partial charge in [0.15, 0.2) is 0 Å². The van der Waals surface area contributed by atoms with Crippen LogP contribution in [-0.4, -0.2) is 36.7 Å². The minimum absolute atomic E-state index is 0.178. The van der Waals surface area contributed by atoms with E-state index in [-0.39, 0.29) is 26.1 Å². The van der Waals surface area contributed by atoms with Crippen LogP contribution >= 0.6 is 0 Å². The van der Waals surface area contributed by atoms with Gasteiger partial charge in [0, 0.05) is 13.1 Å². The van der Waals surface area contributed by atoms with Gasteiger partial charge in [-0.25, -0.2) is 4.79 Å². The molecule has 132 valence electrons. The molecule has 0 spiro atoms. The van der Waals surface area contributed by atoms with Crippen molar-refractivity contribution in [3.05, 3.63) is 35.9 Å². The van der Waals surface area contributed by atoms with E-state index < -0.39 is 23.6 Å². The van der Waals surface area contributed by atoms with E-state index in [1.54, 1.807) is 20.8 Å². The predicted octanol–water partition coefficient (Wildman–Crippen LogP) is 1.76. The molecule has 1 aromatic carbocycles. The molecule has 2 amide bonds. The van der Waals surface area contributed by atoms with Crippen molar-refractivity contribution in [3.8, 4) is 0 Å². The van der Waals surface area contributed by atoms with Crippen molar-refractivity contribution >= 4 is 18.0 Å². The molecule has 7 heteroatoms. The Labute approximate surface area is 141 Å². The highest BCUT2D eigenvalue weighted by molar-refractivity contribution is 5.94. The van der Waals surface area contributed by atoms with Gasteiger partial charge >= 0.3 is 12.1 Å². The lowest BCUT2D eigenvalue weighted by Gasteiger charge is -2.19. The van der Waals surface area contributed by atoms with E-state index in [4.69, 9.17) is 9.47 Å². The second-order valence-corrected chi connectivity index (χ2v) is 6.10. The third-order valence-corrected chi connectivity index (χ3v) is 2.65. The molecule has 0 unspecified atom stereocenters. The van der Waals surface area contributed by atoms with Gasteiger partial charge in [0.05, 0.1) is 0 Å². The van der Waals surface area contributed by atoms with Crippen molar-refractivity contribution in [2.75, 3.05) is 13.1 Å². The summed E-state index contributed by atoms with van der Waals surface area (Å²) in [7, 11) is 0. The van der Waals surface area contributed by atoms with Crippen LogP contribution in [0.1, 0.15) is 32.8 Å². The smallest absolute Gasteiger partial charge is 0.407 e. The number of ether oxygens (including phenoxy) is 2. The van der Waals surface area contributed by atoms with E-state index in [9.17, 15) is 14.4 Å². The summed E-state index contributed by atoms with van der Waals surface area (Å²) in [5.74, 6) is -1.04. The van der Waals surface area contributed by atoms with Crippen LogP contribution in [0.5, 0.6) is 0 Å². The lowest BCUT2D eigenvalue weighted by atomic mass is 10.2. The number of benzene rings is 1. The van der Waals surface area contributed by atoms with Crippen LogP contribution in [0.25, 0.3) is 0 Å². The molecule has 24 heavy (non-hydrogen) atoms. The van der Waals surface area contributed by atoms with Crippen LogP contribution in [0.2, 0.25) is 0 Å². The Balaban J connectivity index is 2.11. The number of carbonyl (C=O) groups is 3. The highest BCUT2D eigenvalue weighted by Crippen LogP contribution is 2.07. The van der Waals surface area contributed by atoms with Crippen molar-refractivity contribution in [1.29, 1.82) is 0 Å². The highest BCUT2D eigenvalue weighted by Gasteiger charge is 2.18. The molecule has 0 saturated carbocycles. The first-order valence-electron chi connectivity index (χ1n) is 7.69. The maximum absolute atomic E-state index is 11.5.